The molecule has 0 aromatic heterocycles. The van der Waals surface area contributed by atoms with Gasteiger partial charge in [0, 0.05) is 23.2 Å². The fraction of sp³-hybridized carbons (Fsp3) is 0.316. The van der Waals surface area contributed by atoms with Gasteiger partial charge in [0.15, 0.2) is 11.5 Å². The maximum Gasteiger partial charge on any atom is 0.251 e. The zero-order valence-electron chi connectivity index (χ0n) is 15.1. The Labute approximate surface area is 166 Å². The standard InChI is InChI=1S/C19H21BrClNO4/c1-11(2)26-16-6-5-12(7-14(16)20)19(23)22-10-13-8-17(24-3)18(25-4)9-15(13)21/h5-9,11H,10H2,1-4H3,(H,22,23). The van der Waals surface area contributed by atoms with Crippen molar-refractivity contribution in [2.45, 2.75) is 26.5 Å². The van der Waals surface area contributed by atoms with Crippen LogP contribution in [-0.2, 0) is 6.54 Å². The molecule has 0 aliphatic rings. The van der Waals surface area contributed by atoms with E-state index in [-0.39, 0.29) is 18.6 Å². The Hall–Kier alpha value is -1.92. The molecule has 0 saturated carbocycles. The van der Waals surface area contributed by atoms with Gasteiger partial charge in [-0.15, -0.1) is 0 Å². The molecule has 0 heterocycles. The fourth-order valence-electron chi connectivity index (χ4n) is 2.30. The molecule has 1 amide bonds. The highest BCUT2D eigenvalue weighted by atomic mass is 79.9. The molecule has 0 saturated heterocycles. The zero-order valence-corrected chi connectivity index (χ0v) is 17.4. The van der Waals surface area contributed by atoms with Crippen LogP contribution >= 0.6 is 27.5 Å². The van der Waals surface area contributed by atoms with E-state index in [0.29, 0.717) is 27.8 Å². The van der Waals surface area contributed by atoms with E-state index in [1.807, 2.05) is 13.8 Å². The van der Waals surface area contributed by atoms with E-state index in [1.54, 1.807) is 44.6 Å². The summed E-state index contributed by atoms with van der Waals surface area (Å²) < 4.78 is 16.8. The second-order valence-electron chi connectivity index (χ2n) is 5.79. The summed E-state index contributed by atoms with van der Waals surface area (Å²) in [6, 6.07) is 8.62. The predicted octanol–water partition coefficient (Wildman–Crippen LogP) is 4.84. The van der Waals surface area contributed by atoms with Gasteiger partial charge in [-0.25, -0.2) is 0 Å². The molecular weight excluding hydrogens is 422 g/mol. The van der Waals surface area contributed by atoms with Crippen molar-refractivity contribution in [1.82, 2.24) is 5.32 Å². The topological polar surface area (TPSA) is 56.8 Å². The van der Waals surface area contributed by atoms with Crippen LogP contribution in [0.25, 0.3) is 0 Å². The maximum absolute atomic E-state index is 12.4. The van der Waals surface area contributed by atoms with Gasteiger partial charge in [0.2, 0.25) is 0 Å². The molecule has 1 N–H and O–H groups in total. The first-order valence-electron chi connectivity index (χ1n) is 8.00. The molecule has 0 unspecified atom stereocenters. The number of rotatable bonds is 7. The number of amides is 1. The Morgan fingerprint density at radius 3 is 2.35 bits per heavy atom. The Morgan fingerprint density at radius 1 is 1.12 bits per heavy atom. The normalized spacial score (nSPS) is 10.6. The van der Waals surface area contributed by atoms with Crippen LogP contribution in [0.2, 0.25) is 5.02 Å². The molecule has 0 atom stereocenters. The molecule has 5 nitrogen and oxygen atoms in total. The van der Waals surface area contributed by atoms with Gasteiger partial charge in [0.1, 0.15) is 5.75 Å². The predicted molar refractivity (Wildman–Crippen MR) is 106 cm³/mol. The summed E-state index contributed by atoms with van der Waals surface area (Å²) in [7, 11) is 3.09. The minimum atomic E-state index is -0.215. The lowest BCUT2D eigenvalue weighted by atomic mass is 10.1. The molecule has 0 spiro atoms. The number of hydrogen-bond donors (Lipinski definition) is 1. The van der Waals surface area contributed by atoms with Gasteiger partial charge in [0.05, 0.1) is 24.8 Å². The maximum atomic E-state index is 12.4. The number of methoxy groups -OCH3 is 2. The minimum absolute atomic E-state index is 0.0539. The van der Waals surface area contributed by atoms with E-state index >= 15 is 0 Å². The van der Waals surface area contributed by atoms with E-state index < -0.39 is 0 Å². The van der Waals surface area contributed by atoms with Crippen LogP contribution in [0.5, 0.6) is 17.2 Å². The van der Waals surface area contributed by atoms with Gasteiger partial charge in [-0.2, -0.15) is 0 Å². The Balaban J connectivity index is 2.10. The Morgan fingerprint density at radius 2 is 1.77 bits per heavy atom. The van der Waals surface area contributed by atoms with Gasteiger partial charge in [-0.3, -0.25) is 4.79 Å². The van der Waals surface area contributed by atoms with Crippen molar-refractivity contribution < 1.29 is 19.0 Å². The number of carbonyl (C=O) groups is 1. The molecule has 0 fully saturated rings. The van der Waals surface area contributed by atoms with Crippen molar-refractivity contribution in [3.8, 4) is 17.2 Å². The summed E-state index contributed by atoms with van der Waals surface area (Å²) in [5, 5.41) is 3.34. The first-order chi connectivity index (χ1) is 12.3. The van der Waals surface area contributed by atoms with E-state index in [4.69, 9.17) is 25.8 Å². The molecule has 26 heavy (non-hydrogen) atoms. The van der Waals surface area contributed by atoms with Gasteiger partial charge < -0.3 is 19.5 Å². The number of carbonyl (C=O) groups excluding carboxylic acids is 1. The molecule has 7 heteroatoms. The number of benzene rings is 2. The summed E-state index contributed by atoms with van der Waals surface area (Å²) in [5.74, 6) is 1.57. The quantitative estimate of drug-likeness (QED) is 0.667. The van der Waals surface area contributed by atoms with Crippen molar-refractivity contribution in [2.24, 2.45) is 0 Å². The lowest BCUT2D eigenvalue weighted by molar-refractivity contribution is 0.0951. The second kappa shape index (κ2) is 9.14. The average molecular weight is 443 g/mol. The molecule has 140 valence electrons. The van der Waals surface area contributed by atoms with Crippen LogP contribution in [0.3, 0.4) is 0 Å². The highest BCUT2D eigenvalue weighted by molar-refractivity contribution is 9.10. The SMILES string of the molecule is COc1cc(Cl)c(CNC(=O)c2ccc(OC(C)C)c(Br)c2)cc1OC. The fourth-order valence-corrected chi connectivity index (χ4v) is 2.99. The minimum Gasteiger partial charge on any atom is -0.493 e. The lowest BCUT2D eigenvalue weighted by Crippen LogP contribution is -2.23. The summed E-state index contributed by atoms with van der Waals surface area (Å²) in [6.45, 7) is 4.15. The Bertz CT molecular complexity index is 795. The first-order valence-corrected chi connectivity index (χ1v) is 9.17. The van der Waals surface area contributed by atoms with Crippen LogP contribution in [0, 0.1) is 0 Å². The van der Waals surface area contributed by atoms with Crippen molar-refractivity contribution in [1.29, 1.82) is 0 Å². The first kappa shape index (κ1) is 20.4. The van der Waals surface area contributed by atoms with Crippen LogP contribution < -0.4 is 19.5 Å². The smallest absolute Gasteiger partial charge is 0.251 e. The van der Waals surface area contributed by atoms with Crippen molar-refractivity contribution in [3.05, 3.63) is 51.0 Å². The average Bonchev–Trinajstić information content (AvgIpc) is 2.61. The van der Waals surface area contributed by atoms with Crippen LogP contribution in [0.15, 0.2) is 34.8 Å². The number of halogens is 2. The summed E-state index contributed by atoms with van der Waals surface area (Å²) in [4.78, 5) is 12.4. The number of nitrogens with one attached hydrogen (secondary N) is 1. The number of hydrogen-bond acceptors (Lipinski definition) is 4. The highest BCUT2D eigenvalue weighted by Crippen LogP contribution is 2.33. The van der Waals surface area contributed by atoms with Crippen molar-refractivity contribution >= 4 is 33.4 Å². The third-order valence-electron chi connectivity index (χ3n) is 3.55. The van der Waals surface area contributed by atoms with Crippen LogP contribution in [0.1, 0.15) is 29.8 Å². The third-order valence-corrected chi connectivity index (χ3v) is 4.52. The van der Waals surface area contributed by atoms with Crippen molar-refractivity contribution in [3.63, 3.8) is 0 Å². The van der Waals surface area contributed by atoms with Gasteiger partial charge in [-0.05, 0) is 59.6 Å². The largest absolute Gasteiger partial charge is 0.493 e. The molecule has 2 rings (SSSR count). The lowest BCUT2D eigenvalue weighted by Gasteiger charge is -2.14. The summed E-state index contributed by atoms with van der Waals surface area (Å²) in [5.41, 5.74) is 1.25. The van der Waals surface area contributed by atoms with Gasteiger partial charge in [-0.1, -0.05) is 11.6 Å². The van der Waals surface area contributed by atoms with E-state index in [1.165, 1.54) is 0 Å². The molecule has 0 aliphatic heterocycles. The summed E-state index contributed by atoms with van der Waals surface area (Å²) in [6.07, 6.45) is 0.0539. The molecule has 0 bridgehead atoms. The van der Waals surface area contributed by atoms with Gasteiger partial charge >= 0.3 is 0 Å². The number of ether oxygens (including phenoxy) is 3. The van der Waals surface area contributed by atoms with E-state index in [9.17, 15) is 4.79 Å². The van der Waals surface area contributed by atoms with Crippen LogP contribution in [-0.4, -0.2) is 26.2 Å². The molecule has 2 aromatic rings. The summed E-state index contributed by atoms with van der Waals surface area (Å²) >= 11 is 9.68. The highest BCUT2D eigenvalue weighted by Gasteiger charge is 2.13. The molecule has 0 radical (unpaired) electrons. The molecular formula is C19H21BrClNO4. The third kappa shape index (κ3) is 5.05. The molecule has 0 aliphatic carbocycles. The zero-order chi connectivity index (χ0) is 19.3. The second-order valence-corrected chi connectivity index (χ2v) is 7.05. The van der Waals surface area contributed by atoms with E-state index in [2.05, 4.69) is 21.2 Å². The molecule has 2 aromatic carbocycles. The Kier molecular flexibility index (Phi) is 7.17. The van der Waals surface area contributed by atoms with Crippen LogP contribution in [0.4, 0.5) is 0 Å². The van der Waals surface area contributed by atoms with E-state index in [0.717, 1.165) is 10.0 Å². The van der Waals surface area contributed by atoms with Crippen molar-refractivity contribution in [2.75, 3.05) is 14.2 Å². The van der Waals surface area contributed by atoms with Gasteiger partial charge in [0.25, 0.3) is 5.91 Å². The monoisotopic (exact) mass is 441 g/mol.